The van der Waals surface area contributed by atoms with E-state index in [0.29, 0.717) is 37.7 Å². The van der Waals surface area contributed by atoms with Crippen molar-refractivity contribution in [2.24, 2.45) is 5.92 Å². The maximum atomic E-state index is 13.4. The summed E-state index contributed by atoms with van der Waals surface area (Å²) in [5.41, 5.74) is 7.21. The minimum Gasteiger partial charge on any atom is -0.508 e. The van der Waals surface area contributed by atoms with Crippen LogP contribution >= 0.6 is 0 Å². The van der Waals surface area contributed by atoms with Crippen LogP contribution in [0.2, 0.25) is 0 Å². The monoisotopic (exact) mass is 782 g/mol. The Morgan fingerprint density at radius 3 is 2.45 bits per heavy atom. The molecular weight excluding hydrogens is 733 g/mol. The van der Waals surface area contributed by atoms with Crippen LogP contribution in [-0.2, 0) is 21.5 Å². The van der Waals surface area contributed by atoms with Gasteiger partial charge in [0, 0.05) is 88.9 Å². The Kier molecular flexibility index (Phi) is 9.31. The number of hydrogen-bond donors (Lipinski definition) is 2. The maximum absolute atomic E-state index is 13.4. The van der Waals surface area contributed by atoms with Crippen LogP contribution in [0.15, 0.2) is 78.9 Å². The van der Waals surface area contributed by atoms with Crippen molar-refractivity contribution in [3.63, 3.8) is 0 Å². The lowest BCUT2D eigenvalue weighted by atomic mass is 9.73. The normalized spacial score (nSPS) is 24.2. The Balaban J connectivity index is 0.776. The highest BCUT2D eigenvalue weighted by atomic mass is 16.5. The number of nitrogens with zero attached hydrogens (tertiary/aromatic N) is 3. The first-order valence-electron chi connectivity index (χ1n) is 20.9. The molecule has 6 aliphatic heterocycles. The molecule has 10 rings (SSSR count). The van der Waals surface area contributed by atoms with E-state index in [4.69, 9.17) is 14.2 Å². The quantitative estimate of drug-likeness (QED) is 0.214. The predicted molar refractivity (Wildman–Crippen MR) is 218 cm³/mol. The SMILES string of the molecule is COc1cc(N2CCC(CN3CCC4(CC3)COc3c4ccc4c3CN(C3CCC(=O)NC3=O)C4=O)CC2)ccc1[C@H]1c2ccc(O)cc2OC[C@H]1c1ccccc1. The molecule has 0 aromatic heterocycles. The molecular formula is C47H50N4O7. The molecule has 11 nitrogen and oxygen atoms in total. The molecule has 3 saturated heterocycles. The lowest BCUT2D eigenvalue weighted by Gasteiger charge is -2.41. The molecule has 2 N–H and O–H groups in total. The summed E-state index contributed by atoms with van der Waals surface area (Å²) >= 11 is 0. The molecule has 6 aliphatic rings. The summed E-state index contributed by atoms with van der Waals surface area (Å²) in [6.07, 6.45) is 4.88. The first-order valence-corrected chi connectivity index (χ1v) is 20.9. The molecule has 4 aromatic carbocycles. The number of aromatic hydroxyl groups is 1. The van der Waals surface area contributed by atoms with E-state index in [9.17, 15) is 19.5 Å². The largest absolute Gasteiger partial charge is 0.508 e. The molecule has 1 spiro atoms. The van der Waals surface area contributed by atoms with Crippen LogP contribution in [0.5, 0.6) is 23.0 Å². The molecule has 6 heterocycles. The number of phenols is 1. The van der Waals surface area contributed by atoms with Gasteiger partial charge in [0.05, 0.1) is 26.9 Å². The third kappa shape index (κ3) is 6.34. The van der Waals surface area contributed by atoms with Gasteiger partial charge in [-0.25, -0.2) is 0 Å². The lowest BCUT2D eigenvalue weighted by Crippen LogP contribution is -2.52. The van der Waals surface area contributed by atoms with Crippen LogP contribution in [-0.4, -0.2) is 91.7 Å². The zero-order valence-electron chi connectivity index (χ0n) is 33.0. The van der Waals surface area contributed by atoms with Crippen LogP contribution in [0.3, 0.4) is 0 Å². The number of piperidine rings is 3. The number of rotatable bonds is 7. The van der Waals surface area contributed by atoms with Gasteiger partial charge in [0.1, 0.15) is 29.0 Å². The average Bonchev–Trinajstić information content (AvgIpc) is 3.78. The molecule has 0 saturated carbocycles. The number of methoxy groups -OCH3 is 1. The second-order valence-corrected chi connectivity index (χ2v) is 17.1. The number of fused-ring (bicyclic) bond motifs is 5. The fourth-order valence-corrected chi connectivity index (χ4v) is 10.7. The molecule has 11 heteroatoms. The van der Waals surface area contributed by atoms with Gasteiger partial charge in [-0.1, -0.05) is 48.5 Å². The number of ether oxygens (including phenoxy) is 3. The Labute approximate surface area is 338 Å². The van der Waals surface area contributed by atoms with Crippen molar-refractivity contribution in [1.82, 2.24) is 15.1 Å². The van der Waals surface area contributed by atoms with E-state index in [1.807, 2.05) is 18.2 Å². The second-order valence-electron chi connectivity index (χ2n) is 17.1. The van der Waals surface area contributed by atoms with Crippen LogP contribution in [0.4, 0.5) is 5.69 Å². The summed E-state index contributed by atoms with van der Waals surface area (Å²) in [6.45, 7) is 6.59. The first-order chi connectivity index (χ1) is 28.3. The molecule has 0 aliphatic carbocycles. The molecule has 0 radical (unpaired) electrons. The van der Waals surface area contributed by atoms with Crippen molar-refractivity contribution >= 4 is 23.4 Å². The summed E-state index contributed by atoms with van der Waals surface area (Å²) in [4.78, 5) is 44.5. The van der Waals surface area contributed by atoms with Gasteiger partial charge in [0.2, 0.25) is 11.8 Å². The molecule has 3 fully saturated rings. The molecule has 58 heavy (non-hydrogen) atoms. The van der Waals surface area contributed by atoms with Gasteiger partial charge in [0.15, 0.2) is 0 Å². The third-order valence-electron chi connectivity index (χ3n) is 14.0. The summed E-state index contributed by atoms with van der Waals surface area (Å²) < 4.78 is 18.8. The van der Waals surface area contributed by atoms with Gasteiger partial charge in [-0.3, -0.25) is 19.7 Å². The molecule has 3 amide bonds. The van der Waals surface area contributed by atoms with Crippen molar-refractivity contribution in [3.05, 3.63) is 112 Å². The summed E-state index contributed by atoms with van der Waals surface area (Å²) in [6, 6.07) is 26.0. The minimum atomic E-state index is -0.631. The number of amides is 3. The average molecular weight is 783 g/mol. The zero-order valence-corrected chi connectivity index (χ0v) is 33.0. The number of imide groups is 1. The van der Waals surface area contributed by atoms with Crippen LogP contribution in [0.25, 0.3) is 0 Å². The van der Waals surface area contributed by atoms with Gasteiger partial charge in [-0.2, -0.15) is 0 Å². The first kappa shape index (κ1) is 36.8. The van der Waals surface area contributed by atoms with Crippen LogP contribution in [0, 0.1) is 5.92 Å². The smallest absolute Gasteiger partial charge is 0.255 e. The van der Waals surface area contributed by atoms with Crippen molar-refractivity contribution in [2.75, 3.05) is 57.9 Å². The van der Waals surface area contributed by atoms with Gasteiger partial charge in [0.25, 0.3) is 5.91 Å². The van der Waals surface area contributed by atoms with Crippen molar-refractivity contribution in [2.45, 2.75) is 68.4 Å². The number of likely N-dealkylation sites (tertiary alicyclic amines) is 1. The predicted octanol–water partition coefficient (Wildman–Crippen LogP) is 6.11. The minimum absolute atomic E-state index is 0.00908. The number of nitrogens with one attached hydrogen (secondary N) is 1. The van der Waals surface area contributed by atoms with Crippen molar-refractivity contribution in [1.29, 1.82) is 0 Å². The standard InChI is InChI=1S/C47H50N4O7/c1-56-40-23-31(7-9-34(40)43-35-10-8-32(52)24-41(35)57-27-37(43)30-5-3-2-4-6-30)50-19-15-29(16-20-50)25-49-21-17-47(18-22-49)28-58-44-36-26-51(39-13-14-42(53)48-45(39)54)46(55)33(36)11-12-38(44)47/h2-12,23-24,29,37,39,43,52H,13-22,25-28H2,1H3,(H,48,53,54)/t37-,39?,43-/m0/s1. The highest BCUT2D eigenvalue weighted by molar-refractivity contribution is 6.05. The fourth-order valence-electron chi connectivity index (χ4n) is 10.7. The highest BCUT2D eigenvalue weighted by Crippen LogP contribution is 2.51. The van der Waals surface area contributed by atoms with E-state index in [1.54, 1.807) is 24.1 Å². The number of benzene rings is 4. The number of hydrogen-bond acceptors (Lipinski definition) is 9. The van der Waals surface area contributed by atoms with Crippen molar-refractivity contribution < 1.29 is 33.7 Å². The summed E-state index contributed by atoms with van der Waals surface area (Å²) in [5, 5.41) is 12.6. The topological polar surface area (TPSA) is 121 Å². The Morgan fingerprint density at radius 1 is 0.879 bits per heavy atom. The number of anilines is 1. The van der Waals surface area contributed by atoms with Gasteiger partial charge in [-0.15, -0.1) is 0 Å². The third-order valence-corrected chi connectivity index (χ3v) is 14.0. The molecule has 0 bridgehead atoms. The van der Waals surface area contributed by atoms with E-state index in [2.05, 4.69) is 63.6 Å². The van der Waals surface area contributed by atoms with Gasteiger partial charge in [-0.05, 0) is 74.9 Å². The van der Waals surface area contributed by atoms with Crippen LogP contribution in [0.1, 0.15) is 88.5 Å². The van der Waals surface area contributed by atoms with Gasteiger partial charge < -0.3 is 34.0 Å². The van der Waals surface area contributed by atoms with E-state index in [1.165, 1.54) is 16.8 Å². The summed E-state index contributed by atoms with van der Waals surface area (Å²) in [7, 11) is 1.76. The van der Waals surface area contributed by atoms with Gasteiger partial charge >= 0.3 is 0 Å². The van der Waals surface area contributed by atoms with E-state index in [0.717, 1.165) is 92.3 Å². The number of phenolic OH excluding ortho intramolecular Hbond substituents is 1. The Hall–Kier alpha value is -5.55. The summed E-state index contributed by atoms with van der Waals surface area (Å²) in [5.74, 6) is 2.53. The fraction of sp³-hybridized carbons (Fsp3) is 0.426. The van der Waals surface area contributed by atoms with E-state index >= 15 is 0 Å². The molecule has 300 valence electrons. The Morgan fingerprint density at radius 2 is 1.67 bits per heavy atom. The zero-order chi connectivity index (χ0) is 39.5. The molecule has 1 unspecified atom stereocenters. The van der Waals surface area contributed by atoms with E-state index < -0.39 is 11.9 Å². The van der Waals surface area contributed by atoms with E-state index in [-0.39, 0.29) is 41.2 Å². The highest BCUT2D eigenvalue weighted by Gasteiger charge is 2.48. The van der Waals surface area contributed by atoms with Crippen molar-refractivity contribution in [3.8, 4) is 23.0 Å². The maximum Gasteiger partial charge on any atom is 0.255 e. The second kappa shape index (κ2) is 14.7. The molecule has 3 atom stereocenters. The lowest BCUT2D eigenvalue weighted by molar-refractivity contribution is -0.136. The molecule has 4 aromatic rings. The Bertz CT molecular complexity index is 2260. The number of carbonyl (C=O) groups excluding carboxylic acids is 3. The van der Waals surface area contributed by atoms with Crippen LogP contribution < -0.4 is 24.4 Å². The number of carbonyl (C=O) groups is 3.